The van der Waals surface area contributed by atoms with Crippen LogP contribution in [0.3, 0.4) is 0 Å². The van der Waals surface area contributed by atoms with Gasteiger partial charge in [-0.1, -0.05) is 48.5 Å². The number of carbonyl (C=O) groups excluding carboxylic acids is 2. The first kappa shape index (κ1) is 20.6. The normalized spacial score (nSPS) is 12.7. The molecule has 3 aromatic rings. The van der Waals surface area contributed by atoms with Gasteiger partial charge in [0.2, 0.25) is 11.8 Å². The lowest BCUT2D eigenvalue weighted by molar-refractivity contribution is -0.133. The molecule has 1 N–H and O–H groups in total. The summed E-state index contributed by atoms with van der Waals surface area (Å²) < 4.78 is 0. The van der Waals surface area contributed by atoms with Gasteiger partial charge in [-0.3, -0.25) is 14.6 Å². The minimum Gasteiger partial charge on any atom is -0.358 e. The summed E-state index contributed by atoms with van der Waals surface area (Å²) in [5, 5.41) is 2.80. The first-order valence-corrected chi connectivity index (χ1v) is 10.5. The molecule has 4 rings (SSSR count). The third-order valence-electron chi connectivity index (χ3n) is 5.47. The van der Waals surface area contributed by atoms with Crippen molar-refractivity contribution in [1.82, 2.24) is 15.2 Å². The van der Waals surface area contributed by atoms with E-state index in [2.05, 4.69) is 22.4 Å². The van der Waals surface area contributed by atoms with Crippen LogP contribution < -0.4 is 10.2 Å². The van der Waals surface area contributed by atoms with Crippen LogP contribution in [0.4, 0.5) is 5.69 Å². The van der Waals surface area contributed by atoms with Crippen molar-refractivity contribution >= 4 is 17.5 Å². The Hall–Kier alpha value is -3.67. The molecule has 0 spiro atoms. The van der Waals surface area contributed by atoms with Crippen molar-refractivity contribution in [1.29, 1.82) is 0 Å². The maximum atomic E-state index is 12.7. The molecule has 0 fully saturated rings. The summed E-state index contributed by atoms with van der Waals surface area (Å²) >= 11 is 0. The SMILES string of the molecule is O=C(CN(Cc1cccnc1)c1ccccc1)NCC(=O)N1CCc2ccccc2C1. The van der Waals surface area contributed by atoms with Crippen molar-refractivity contribution in [3.8, 4) is 0 Å². The summed E-state index contributed by atoms with van der Waals surface area (Å²) in [6.45, 7) is 2.01. The predicted molar refractivity (Wildman–Crippen MR) is 120 cm³/mol. The minimum absolute atomic E-state index is 0.0104. The van der Waals surface area contributed by atoms with Crippen LogP contribution in [0.5, 0.6) is 0 Å². The quantitative estimate of drug-likeness (QED) is 0.646. The summed E-state index contributed by atoms with van der Waals surface area (Å²) in [7, 11) is 0. The number of hydrogen-bond donors (Lipinski definition) is 1. The highest BCUT2D eigenvalue weighted by Crippen LogP contribution is 2.18. The number of amides is 2. The highest BCUT2D eigenvalue weighted by atomic mass is 16.2. The van der Waals surface area contributed by atoms with Crippen LogP contribution >= 0.6 is 0 Å². The molecule has 1 aliphatic rings. The van der Waals surface area contributed by atoms with Crippen LogP contribution in [0.15, 0.2) is 79.1 Å². The Balaban J connectivity index is 1.34. The standard InChI is InChI=1S/C25H26N4O2/c30-24(27-16-25(31)28-14-12-21-8-4-5-9-22(21)18-28)19-29(23-10-2-1-3-11-23)17-20-7-6-13-26-15-20/h1-11,13,15H,12,14,16-19H2,(H,27,30). The number of nitrogens with one attached hydrogen (secondary N) is 1. The Kier molecular flexibility index (Phi) is 6.57. The van der Waals surface area contributed by atoms with E-state index >= 15 is 0 Å². The van der Waals surface area contributed by atoms with E-state index in [9.17, 15) is 9.59 Å². The van der Waals surface area contributed by atoms with Gasteiger partial charge < -0.3 is 15.1 Å². The first-order chi connectivity index (χ1) is 15.2. The molecular formula is C25H26N4O2. The lowest BCUT2D eigenvalue weighted by atomic mass is 10.00. The lowest BCUT2D eigenvalue weighted by Crippen LogP contribution is -2.45. The average Bonchev–Trinajstić information content (AvgIpc) is 2.83. The van der Waals surface area contributed by atoms with Gasteiger partial charge in [-0.2, -0.15) is 0 Å². The van der Waals surface area contributed by atoms with Gasteiger partial charge in [0.1, 0.15) is 0 Å². The monoisotopic (exact) mass is 414 g/mol. The molecule has 0 unspecified atom stereocenters. The fourth-order valence-electron chi connectivity index (χ4n) is 3.81. The van der Waals surface area contributed by atoms with Crippen LogP contribution in [0.2, 0.25) is 0 Å². The first-order valence-electron chi connectivity index (χ1n) is 10.5. The highest BCUT2D eigenvalue weighted by molar-refractivity contribution is 5.87. The largest absolute Gasteiger partial charge is 0.358 e. The number of anilines is 1. The number of para-hydroxylation sites is 1. The van der Waals surface area contributed by atoms with Crippen molar-refractivity contribution in [2.24, 2.45) is 0 Å². The smallest absolute Gasteiger partial charge is 0.242 e. The van der Waals surface area contributed by atoms with E-state index in [1.54, 1.807) is 12.4 Å². The molecule has 0 atom stereocenters. The van der Waals surface area contributed by atoms with E-state index in [1.807, 2.05) is 64.4 Å². The maximum Gasteiger partial charge on any atom is 0.242 e. The zero-order chi connectivity index (χ0) is 21.5. The van der Waals surface area contributed by atoms with Gasteiger partial charge in [0.05, 0.1) is 13.1 Å². The number of aromatic nitrogens is 1. The highest BCUT2D eigenvalue weighted by Gasteiger charge is 2.21. The molecule has 6 heteroatoms. The van der Waals surface area contributed by atoms with Gasteiger partial charge in [-0.15, -0.1) is 0 Å². The van der Waals surface area contributed by atoms with Gasteiger partial charge in [-0.25, -0.2) is 0 Å². The molecule has 1 aromatic heterocycles. The van der Waals surface area contributed by atoms with Crippen molar-refractivity contribution in [3.63, 3.8) is 0 Å². The summed E-state index contributed by atoms with van der Waals surface area (Å²) in [5.74, 6) is -0.236. The molecule has 0 radical (unpaired) electrons. The summed E-state index contributed by atoms with van der Waals surface area (Å²) in [6.07, 6.45) is 4.38. The second-order valence-electron chi connectivity index (χ2n) is 7.66. The third-order valence-corrected chi connectivity index (χ3v) is 5.47. The molecule has 0 saturated heterocycles. The molecular weight excluding hydrogens is 388 g/mol. The van der Waals surface area contributed by atoms with Crippen molar-refractivity contribution < 1.29 is 9.59 Å². The Labute approximate surface area is 182 Å². The van der Waals surface area contributed by atoms with Crippen LogP contribution in [0.1, 0.15) is 16.7 Å². The molecule has 1 aliphatic heterocycles. The number of hydrogen-bond acceptors (Lipinski definition) is 4. The summed E-state index contributed by atoms with van der Waals surface area (Å²) in [4.78, 5) is 33.3. The molecule has 0 aliphatic carbocycles. The summed E-state index contributed by atoms with van der Waals surface area (Å²) in [5.41, 5.74) is 4.44. The second kappa shape index (κ2) is 9.89. The second-order valence-corrected chi connectivity index (χ2v) is 7.66. The molecule has 2 heterocycles. The van der Waals surface area contributed by atoms with E-state index in [-0.39, 0.29) is 24.9 Å². The number of pyridine rings is 1. The lowest BCUT2D eigenvalue weighted by Gasteiger charge is -2.29. The Morgan fingerprint density at radius 1 is 0.968 bits per heavy atom. The molecule has 31 heavy (non-hydrogen) atoms. The molecule has 6 nitrogen and oxygen atoms in total. The molecule has 0 bridgehead atoms. The Morgan fingerprint density at radius 3 is 2.52 bits per heavy atom. The van der Waals surface area contributed by atoms with Crippen LogP contribution in [0.25, 0.3) is 0 Å². The number of fused-ring (bicyclic) bond motifs is 1. The number of benzene rings is 2. The van der Waals surface area contributed by atoms with E-state index < -0.39 is 0 Å². The fraction of sp³-hybridized carbons (Fsp3) is 0.240. The van der Waals surface area contributed by atoms with Gasteiger partial charge >= 0.3 is 0 Å². The topological polar surface area (TPSA) is 65.5 Å². The number of nitrogens with zero attached hydrogens (tertiary/aromatic N) is 3. The molecule has 158 valence electrons. The van der Waals surface area contributed by atoms with Crippen molar-refractivity contribution in [2.75, 3.05) is 24.5 Å². The Morgan fingerprint density at radius 2 is 1.74 bits per heavy atom. The van der Waals surface area contributed by atoms with Crippen LogP contribution in [-0.2, 0) is 29.1 Å². The Bertz CT molecular complexity index is 1020. The van der Waals surface area contributed by atoms with E-state index in [4.69, 9.17) is 0 Å². The van der Waals surface area contributed by atoms with Gasteiger partial charge in [-0.05, 0) is 41.3 Å². The third kappa shape index (κ3) is 5.48. The van der Waals surface area contributed by atoms with Crippen LogP contribution in [-0.4, -0.2) is 41.3 Å². The number of carbonyl (C=O) groups is 2. The minimum atomic E-state index is -0.182. The molecule has 0 saturated carbocycles. The van der Waals surface area contributed by atoms with Crippen LogP contribution in [0, 0.1) is 0 Å². The zero-order valence-electron chi connectivity index (χ0n) is 17.4. The van der Waals surface area contributed by atoms with E-state index in [0.29, 0.717) is 19.6 Å². The van der Waals surface area contributed by atoms with Crippen molar-refractivity contribution in [2.45, 2.75) is 19.5 Å². The van der Waals surface area contributed by atoms with Gasteiger partial charge in [0, 0.05) is 37.7 Å². The van der Waals surface area contributed by atoms with E-state index in [0.717, 1.165) is 17.7 Å². The zero-order valence-corrected chi connectivity index (χ0v) is 17.4. The average molecular weight is 415 g/mol. The fourth-order valence-corrected chi connectivity index (χ4v) is 3.81. The van der Waals surface area contributed by atoms with E-state index in [1.165, 1.54) is 11.1 Å². The van der Waals surface area contributed by atoms with Crippen molar-refractivity contribution in [3.05, 3.63) is 95.8 Å². The van der Waals surface area contributed by atoms with Gasteiger partial charge in [0.25, 0.3) is 0 Å². The molecule has 2 aromatic carbocycles. The molecule has 2 amide bonds. The maximum absolute atomic E-state index is 12.7. The predicted octanol–water partition coefficient (Wildman–Crippen LogP) is 2.79. The summed E-state index contributed by atoms with van der Waals surface area (Å²) in [6, 6.07) is 21.8. The number of rotatable bonds is 7. The van der Waals surface area contributed by atoms with Gasteiger partial charge in [0.15, 0.2) is 0 Å².